The Morgan fingerprint density at radius 3 is 2.62 bits per heavy atom. The Labute approximate surface area is 140 Å². The largest absolute Gasteiger partial charge is 0.300 e. The summed E-state index contributed by atoms with van der Waals surface area (Å²) >= 11 is 0. The van der Waals surface area contributed by atoms with Gasteiger partial charge in [-0.05, 0) is 36.6 Å². The molecule has 0 saturated heterocycles. The molecule has 0 radical (unpaired) electrons. The summed E-state index contributed by atoms with van der Waals surface area (Å²) in [5.74, 6) is 0.164. The predicted molar refractivity (Wildman–Crippen MR) is 97.6 cm³/mol. The summed E-state index contributed by atoms with van der Waals surface area (Å²) in [6.45, 7) is 7.41. The van der Waals surface area contributed by atoms with E-state index >= 15 is 0 Å². The molecule has 4 nitrogen and oxygen atoms in total. The summed E-state index contributed by atoms with van der Waals surface area (Å²) in [5, 5.41) is 8.26. The van der Waals surface area contributed by atoms with Gasteiger partial charge in [-0.15, -0.1) is 0 Å². The number of carbonyl (C=O) groups is 1. The molecule has 0 atom stereocenters. The summed E-state index contributed by atoms with van der Waals surface area (Å²) in [4.78, 5) is 15.7. The third-order valence-corrected chi connectivity index (χ3v) is 3.97. The van der Waals surface area contributed by atoms with Crippen molar-refractivity contribution in [2.45, 2.75) is 20.3 Å². The van der Waals surface area contributed by atoms with Crippen molar-refractivity contribution in [1.29, 1.82) is 0 Å². The van der Waals surface area contributed by atoms with Crippen molar-refractivity contribution in [2.75, 3.05) is 0 Å². The fourth-order valence-electron chi connectivity index (χ4n) is 2.74. The zero-order valence-corrected chi connectivity index (χ0v) is 13.8. The molecule has 1 aromatic carbocycles. The van der Waals surface area contributed by atoms with E-state index in [0.29, 0.717) is 12.1 Å². The summed E-state index contributed by atoms with van der Waals surface area (Å²) in [6, 6.07) is 10.1. The van der Waals surface area contributed by atoms with Gasteiger partial charge in [0.25, 0.3) is 0 Å². The Morgan fingerprint density at radius 1 is 1.25 bits per heavy atom. The molecule has 0 saturated carbocycles. The van der Waals surface area contributed by atoms with E-state index in [1.165, 1.54) is 0 Å². The highest BCUT2D eigenvalue weighted by Crippen LogP contribution is 2.27. The molecule has 120 valence electrons. The normalized spacial score (nSPS) is 11.7. The molecule has 4 heteroatoms. The van der Waals surface area contributed by atoms with E-state index in [0.717, 1.165) is 33.3 Å². The average molecular weight is 317 g/mol. The first-order valence-corrected chi connectivity index (χ1v) is 7.84. The third kappa shape index (κ3) is 3.04. The Morgan fingerprint density at radius 2 is 2.00 bits per heavy atom. The van der Waals surface area contributed by atoms with E-state index in [9.17, 15) is 4.79 Å². The number of pyridine rings is 1. The number of carbonyl (C=O) groups excluding carboxylic acids is 1. The second-order valence-electron chi connectivity index (χ2n) is 5.72. The van der Waals surface area contributed by atoms with Gasteiger partial charge in [-0.2, -0.15) is 5.10 Å². The van der Waals surface area contributed by atoms with Crippen LogP contribution in [0.5, 0.6) is 0 Å². The first-order chi connectivity index (χ1) is 11.6. The van der Waals surface area contributed by atoms with Gasteiger partial charge in [-0.25, -0.2) is 4.98 Å². The molecular formula is C20H19N3O. The number of benzene rings is 1. The maximum absolute atomic E-state index is 11.2. The van der Waals surface area contributed by atoms with Crippen molar-refractivity contribution in [2.24, 2.45) is 0 Å². The number of allylic oxidation sites excluding steroid dienone is 3. The number of nitrogens with one attached hydrogen (secondary N) is 1. The number of aromatic nitrogens is 3. The number of ketones is 1. The molecule has 0 aliphatic carbocycles. The van der Waals surface area contributed by atoms with E-state index < -0.39 is 0 Å². The van der Waals surface area contributed by atoms with Crippen LogP contribution < -0.4 is 0 Å². The van der Waals surface area contributed by atoms with Crippen molar-refractivity contribution in [3.63, 3.8) is 0 Å². The number of Topliss-reactive ketones (excluding diaryl/α,β-unsaturated/α-hetero) is 1. The number of rotatable bonds is 5. The van der Waals surface area contributed by atoms with Crippen LogP contribution in [0.1, 0.15) is 25.1 Å². The van der Waals surface area contributed by atoms with Crippen molar-refractivity contribution in [3.8, 4) is 11.1 Å². The molecule has 24 heavy (non-hydrogen) atoms. The average Bonchev–Trinajstić information content (AvgIpc) is 2.99. The lowest BCUT2D eigenvalue weighted by molar-refractivity contribution is -0.116. The van der Waals surface area contributed by atoms with Crippen molar-refractivity contribution >= 4 is 22.4 Å². The molecule has 3 aromatic rings. The molecule has 2 heterocycles. The highest BCUT2D eigenvalue weighted by atomic mass is 16.1. The Hall–Kier alpha value is -3.01. The van der Waals surface area contributed by atoms with Crippen molar-refractivity contribution in [3.05, 3.63) is 66.5 Å². The SMILES string of the molecule is C=C/C(=C\C)c1[nH]nc2ncc(-c3ccc(CC(C)=O)cc3)cc12. The Balaban J connectivity index is 2.02. The van der Waals surface area contributed by atoms with Gasteiger partial charge in [0.2, 0.25) is 0 Å². The number of aromatic amines is 1. The van der Waals surface area contributed by atoms with Gasteiger partial charge in [0.15, 0.2) is 5.65 Å². The number of hydrogen-bond donors (Lipinski definition) is 1. The molecule has 0 aliphatic rings. The highest BCUT2D eigenvalue weighted by molar-refractivity contribution is 5.93. The second-order valence-corrected chi connectivity index (χ2v) is 5.72. The summed E-state index contributed by atoms with van der Waals surface area (Å²) < 4.78 is 0. The molecule has 2 aromatic heterocycles. The van der Waals surface area contributed by atoms with Gasteiger partial charge in [0.1, 0.15) is 5.78 Å². The zero-order valence-electron chi connectivity index (χ0n) is 13.8. The summed E-state index contributed by atoms with van der Waals surface area (Å²) in [6.07, 6.45) is 6.07. The molecular weight excluding hydrogens is 298 g/mol. The smallest absolute Gasteiger partial charge is 0.181 e. The van der Waals surface area contributed by atoms with E-state index in [2.05, 4.69) is 27.8 Å². The van der Waals surface area contributed by atoms with Crippen LogP contribution in [0.3, 0.4) is 0 Å². The van der Waals surface area contributed by atoms with Crippen LogP contribution in [0.4, 0.5) is 0 Å². The minimum Gasteiger partial charge on any atom is -0.300 e. The number of hydrogen-bond acceptors (Lipinski definition) is 3. The fourth-order valence-corrected chi connectivity index (χ4v) is 2.74. The minimum absolute atomic E-state index is 0.164. The monoisotopic (exact) mass is 317 g/mol. The molecule has 0 spiro atoms. The quantitative estimate of drug-likeness (QED) is 0.712. The standard InChI is InChI=1S/C20H19N3O/c1-4-15(5-2)19-18-11-17(12-21-20(18)23-22-19)16-8-6-14(7-9-16)10-13(3)24/h4-9,11-12H,1,10H2,2-3H3,(H,21,22,23)/b15-5+. The lowest BCUT2D eigenvalue weighted by Gasteiger charge is -2.04. The van der Waals surface area contributed by atoms with E-state index in [-0.39, 0.29) is 5.78 Å². The number of H-pyrrole nitrogens is 1. The predicted octanol–water partition coefficient (Wildman–Crippen LogP) is 4.35. The molecule has 0 unspecified atom stereocenters. The minimum atomic E-state index is 0.164. The number of fused-ring (bicyclic) bond motifs is 1. The molecule has 0 fully saturated rings. The van der Waals surface area contributed by atoms with Crippen LogP contribution in [-0.2, 0) is 11.2 Å². The maximum Gasteiger partial charge on any atom is 0.181 e. The molecule has 0 amide bonds. The van der Waals surface area contributed by atoms with Gasteiger partial charge < -0.3 is 0 Å². The van der Waals surface area contributed by atoms with Crippen LogP contribution in [0, 0.1) is 0 Å². The van der Waals surface area contributed by atoms with Gasteiger partial charge >= 0.3 is 0 Å². The number of nitrogens with zero attached hydrogens (tertiary/aromatic N) is 2. The molecule has 1 N–H and O–H groups in total. The van der Waals surface area contributed by atoms with E-state index in [4.69, 9.17) is 0 Å². The van der Waals surface area contributed by atoms with Crippen molar-refractivity contribution < 1.29 is 4.79 Å². The second kappa shape index (κ2) is 6.62. The van der Waals surface area contributed by atoms with Crippen molar-refractivity contribution in [1.82, 2.24) is 15.2 Å². The lowest BCUT2D eigenvalue weighted by atomic mass is 10.0. The lowest BCUT2D eigenvalue weighted by Crippen LogP contribution is -1.95. The van der Waals surface area contributed by atoms with E-state index in [1.54, 1.807) is 13.0 Å². The van der Waals surface area contributed by atoms with Crippen LogP contribution >= 0.6 is 0 Å². The summed E-state index contributed by atoms with van der Waals surface area (Å²) in [7, 11) is 0. The van der Waals surface area contributed by atoms with Gasteiger partial charge in [0.05, 0.1) is 5.69 Å². The Bertz CT molecular complexity index is 933. The van der Waals surface area contributed by atoms with Gasteiger partial charge in [0, 0.05) is 23.6 Å². The molecule has 3 rings (SSSR count). The third-order valence-electron chi connectivity index (χ3n) is 3.97. The van der Waals surface area contributed by atoms with Crippen LogP contribution in [0.15, 0.2) is 55.3 Å². The van der Waals surface area contributed by atoms with Gasteiger partial charge in [-0.3, -0.25) is 9.89 Å². The molecule has 0 aliphatic heterocycles. The first-order valence-electron chi connectivity index (χ1n) is 7.84. The first kappa shape index (κ1) is 15.9. The van der Waals surface area contributed by atoms with Crippen LogP contribution in [-0.4, -0.2) is 21.0 Å². The highest BCUT2D eigenvalue weighted by Gasteiger charge is 2.10. The van der Waals surface area contributed by atoms with E-state index in [1.807, 2.05) is 43.5 Å². The van der Waals surface area contributed by atoms with Gasteiger partial charge in [-0.1, -0.05) is 43.0 Å². The fraction of sp³-hybridized carbons (Fsp3) is 0.150. The van der Waals surface area contributed by atoms with Crippen LogP contribution in [0.25, 0.3) is 27.7 Å². The Kier molecular flexibility index (Phi) is 4.38. The maximum atomic E-state index is 11.2. The van der Waals surface area contributed by atoms with Crippen LogP contribution in [0.2, 0.25) is 0 Å². The topological polar surface area (TPSA) is 58.6 Å². The molecule has 0 bridgehead atoms. The zero-order chi connectivity index (χ0) is 17.1. The summed E-state index contributed by atoms with van der Waals surface area (Å²) in [5.41, 5.74) is 5.69.